The fraction of sp³-hybridized carbons (Fsp3) is 0.174. The van der Waals surface area contributed by atoms with Gasteiger partial charge in [0.05, 0.1) is 18.2 Å². The molecule has 154 valence electrons. The number of hydrogen-bond donors (Lipinski definition) is 1. The number of amides is 2. The summed E-state index contributed by atoms with van der Waals surface area (Å²) in [5.74, 6) is -0.579. The Balaban J connectivity index is 1.43. The third kappa shape index (κ3) is 4.36. The Bertz CT molecular complexity index is 1240. The van der Waals surface area contributed by atoms with Gasteiger partial charge in [0.25, 0.3) is 11.5 Å². The van der Waals surface area contributed by atoms with Crippen molar-refractivity contribution in [2.24, 2.45) is 0 Å². The number of nitriles is 1. The Morgan fingerprint density at radius 3 is 2.61 bits per heavy atom. The molecule has 0 fully saturated rings. The van der Waals surface area contributed by atoms with Crippen molar-refractivity contribution in [1.82, 2.24) is 9.78 Å². The molecule has 1 aliphatic heterocycles. The maximum Gasteiger partial charge on any atom is 0.278 e. The molecule has 0 bridgehead atoms. The number of aromatic nitrogens is 2. The van der Waals surface area contributed by atoms with Crippen LogP contribution in [0.5, 0.6) is 0 Å². The topological polar surface area (TPSA) is 108 Å². The Labute approximate surface area is 178 Å². The molecule has 2 heterocycles. The predicted molar refractivity (Wildman–Crippen MR) is 115 cm³/mol. The molecule has 0 unspecified atom stereocenters. The molecular weight excluding hydrogens is 394 g/mol. The van der Waals surface area contributed by atoms with Crippen LogP contribution in [-0.2, 0) is 17.8 Å². The molecule has 2 amide bonds. The molecule has 1 N–H and O–H groups in total. The highest BCUT2D eigenvalue weighted by Crippen LogP contribution is 2.28. The van der Waals surface area contributed by atoms with Crippen molar-refractivity contribution in [2.75, 3.05) is 16.8 Å². The summed E-state index contributed by atoms with van der Waals surface area (Å²) in [6, 6.07) is 18.9. The molecule has 0 saturated heterocycles. The van der Waals surface area contributed by atoms with Gasteiger partial charge in [0.1, 0.15) is 5.69 Å². The monoisotopic (exact) mass is 413 g/mol. The number of rotatable bonds is 5. The summed E-state index contributed by atoms with van der Waals surface area (Å²) < 4.78 is 1.13. The quantitative estimate of drug-likeness (QED) is 0.691. The van der Waals surface area contributed by atoms with Crippen molar-refractivity contribution in [2.45, 2.75) is 19.4 Å². The molecule has 0 aliphatic carbocycles. The van der Waals surface area contributed by atoms with Crippen LogP contribution in [0.1, 0.15) is 28.0 Å². The SMILES string of the molecule is N#Cc1ccc(NC(=O)CCn2nc(C(=O)N3CCc4ccccc43)ccc2=O)cc1. The van der Waals surface area contributed by atoms with E-state index in [-0.39, 0.29) is 36.0 Å². The largest absolute Gasteiger partial charge is 0.326 e. The van der Waals surface area contributed by atoms with Crippen molar-refractivity contribution >= 4 is 23.2 Å². The maximum absolute atomic E-state index is 13.0. The maximum atomic E-state index is 13.0. The molecular formula is C23H19N5O3. The molecule has 0 saturated carbocycles. The van der Waals surface area contributed by atoms with Crippen LogP contribution in [0, 0.1) is 11.3 Å². The Morgan fingerprint density at radius 2 is 1.84 bits per heavy atom. The van der Waals surface area contributed by atoms with Gasteiger partial charge in [-0.25, -0.2) is 4.68 Å². The average Bonchev–Trinajstić information content (AvgIpc) is 3.23. The van der Waals surface area contributed by atoms with E-state index in [0.29, 0.717) is 17.8 Å². The van der Waals surface area contributed by atoms with Gasteiger partial charge in [0.2, 0.25) is 5.91 Å². The Morgan fingerprint density at radius 1 is 1.06 bits per heavy atom. The van der Waals surface area contributed by atoms with Crippen LogP contribution in [0.3, 0.4) is 0 Å². The van der Waals surface area contributed by atoms with E-state index in [1.807, 2.05) is 30.3 Å². The first-order valence-electron chi connectivity index (χ1n) is 9.83. The van der Waals surface area contributed by atoms with E-state index in [4.69, 9.17) is 5.26 Å². The number of hydrogen-bond acceptors (Lipinski definition) is 5. The van der Waals surface area contributed by atoms with Crippen molar-refractivity contribution in [3.05, 3.63) is 87.8 Å². The average molecular weight is 413 g/mol. The van der Waals surface area contributed by atoms with Crippen molar-refractivity contribution in [1.29, 1.82) is 5.26 Å². The molecule has 8 nitrogen and oxygen atoms in total. The molecule has 2 aromatic carbocycles. The van der Waals surface area contributed by atoms with Crippen molar-refractivity contribution in [3.63, 3.8) is 0 Å². The van der Waals surface area contributed by atoms with Gasteiger partial charge in [-0.1, -0.05) is 18.2 Å². The third-order valence-corrected chi connectivity index (χ3v) is 5.07. The highest BCUT2D eigenvalue weighted by atomic mass is 16.2. The first-order chi connectivity index (χ1) is 15.0. The zero-order valence-corrected chi connectivity index (χ0v) is 16.6. The van der Waals surface area contributed by atoms with Gasteiger partial charge in [0.15, 0.2) is 0 Å². The van der Waals surface area contributed by atoms with Crippen molar-refractivity contribution in [3.8, 4) is 6.07 Å². The summed E-state index contributed by atoms with van der Waals surface area (Å²) in [5, 5.41) is 15.7. The lowest BCUT2D eigenvalue weighted by Gasteiger charge is -2.17. The predicted octanol–water partition coefficient (Wildman–Crippen LogP) is 2.35. The van der Waals surface area contributed by atoms with Gasteiger partial charge < -0.3 is 10.2 Å². The summed E-state index contributed by atoms with van der Waals surface area (Å²) in [6.07, 6.45) is 0.786. The molecule has 0 atom stereocenters. The summed E-state index contributed by atoms with van der Waals surface area (Å²) >= 11 is 0. The van der Waals surface area contributed by atoms with Crippen LogP contribution in [0.15, 0.2) is 65.5 Å². The molecule has 31 heavy (non-hydrogen) atoms. The number of carbonyl (C=O) groups excluding carboxylic acids is 2. The molecule has 8 heteroatoms. The number of fused-ring (bicyclic) bond motifs is 1. The minimum atomic E-state index is -0.385. The molecule has 1 aliphatic rings. The lowest BCUT2D eigenvalue weighted by atomic mass is 10.2. The molecule has 4 rings (SSSR count). The lowest BCUT2D eigenvalue weighted by molar-refractivity contribution is -0.116. The van der Waals surface area contributed by atoms with Gasteiger partial charge in [-0.3, -0.25) is 14.4 Å². The van der Waals surface area contributed by atoms with Gasteiger partial charge in [0, 0.05) is 30.4 Å². The second-order valence-corrected chi connectivity index (χ2v) is 7.10. The van der Waals surface area contributed by atoms with Gasteiger partial charge in [-0.15, -0.1) is 0 Å². The van der Waals surface area contributed by atoms with Crippen molar-refractivity contribution < 1.29 is 9.59 Å². The first-order valence-corrected chi connectivity index (χ1v) is 9.83. The second kappa shape index (κ2) is 8.63. The normalized spacial score (nSPS) is 12.2. The zero-order chi connectivity index (χ0) is 21.8. The van der Waals surface area contributed by atoms with E-state index >= 15 is 0 Å². The molecule has 3 aromatic rings. The number of para-hydroxylation sites is 1. The Kier molecular flexibility index (Phi) is 5.58. The van der Waals surface area contributed by atoms with E-state index in [1.165, 1.54) is 12.1 Å². The van der Waals surface area contributed by atoms with Crippen LogP contribution >= 0.6 is 0 Å². The number of benzene rings is 2. The summed E-state index contributed by atoms with van der Waals surface area (Å²) in [4.78, 5) is 39.0. The number of nitrogens with zero attached hydrogens (tertiary/aromatic N) is 4. The van der Waals surface area contributed by atoms with E-state index in [0.717, 1.165) is 22.4 Å². The van der Waals surface area contributed by atoms with Crippen LogP contribution < -0.4 is 15.8 Å². The van der Waals surface area contributed by atoms with Crippen LogP contribution in [-0.4, -0.2) is 28.1 Å². The van der Waals surface area contributed by atoms with E-state index in [1.54, 1.807) is 29.2 Å². The number of aryl methyl sites for hydroxylation is 1. The third-order valence-electron chi connectivity index (χ3n) is 5.07. The fourth-order valence-corrected chi connectivity index (χ4v) is 3.47. The summed E-state index contributed by atoms with van der Waals surface area (Å²) in [6.45, 7) is 0.602. The van der Waals surface area contributed by atoms with Gasteiger partial charge >= 0.3 is 0 Å². The van der Waals surface area contributed by atoms with E-state index in [2.05, 4.69) is 10.4 Å². The number of anilines is 2. The Hall–Kier alpha value is -4.25. The number of nitrogens with one attached hydrogen (secondary N) is 1. The van der Waals surface area contributed by atoms with Crippen LogP contribution in [0.2, 0.25) is 0 Å². The minimum Gasteiger partial charge on any atom is -0.326 e. The highest BCUT2D eigenvalue weighted by Gasteiger charge is 2.26. The van der Waals surface area contributed by atoms with Gasteiger partial charge in [-0.2, -0.15) is 10.4 Å². The molecule has 0 radical (unpaired) electrons. The lowest BCUT2D eigenvalue weighted by Crippen LogP contribution is -2.33. The zero-order valence-electron chi connectivity index (χ0n) is 16.6. The van der Waals surface area contributed by atoms with Gasteiger partial charge in [-0.05, 0) is 48.4 Å². The van der Waals surface area contributed by atoms with E-state index < -0.39 is 0 Å². The fourth-order valence-electron chi connectivity index (χ4n) is 3.47. The molecule has 1 aromatic heterocycles. The van der Waals surface area contributed by atoms with Crippen LogP contribution in [0.25, 0.3) is 0 Å². The summed E-state index contributed by atoms with van der Waals surface area (Å²) in [7, 11) is 0. The second-order valence-electron chi connectivity index (χ2n) is 7.10. The smallest absolute Gasteiger partial charge is 0.278 e. The highest BCUT2D eigenvalue weighted by molar-refractivity contribution is 6.05. The molecule has 0 spiro atoms. The summed E-state index contributed by atoms with van der Waals surface area (Å²) in [5.41, 5.74) is 2.78. The van der Waals surface area contributed by atoms with Crippen LogP contribution in [0.4, 0.5) is 11.4 Å². The first kappa shape index (κ1) is 20.0. The number of carbonyl (C=O) groups is 2. The van der Waals surface area contributed by atoms with E-state index in [9.17, 15) is 14.4 Å². The minimum absolute atomic E-state index is 0.0110. The standard InChI is InChI=1S/C23H19N5O3/c24-15-16-5-7-18(8-6-16)25-21(29)12-14-28-22(30)10-9-19(26-28)23(31)27-13-11-17-3-1-2-4-20(17)27/h1-10H,11-14H2,(H,25,29).